The first kappa shape index (κ1) is 29.6. The van der Waals surface area contributed by atoms with E-state index in [1.54, 1.807) is 0 Å². The summed E-state index contributed by atoms with van der Waals surface area (Å²) in [6.45, 7) is 8.43. The summed E-state index contributed by atoms with van der Waals surface area (Å²) in [5.74, 6) is -0.773. The van der Waals surface area contributed by atoms with Gasteiger partial charge in [0.15, 0.2) is 0 Å². The molecular formula is C33H44N2O3. The van der Waals surface area contributed by atoms with Gasteiger partial charge in [0.05, 0.1) is 6.10 Å². The summed E-state index contributed by atoms with van der Waals surface area (Å²) in [5.41, 5.74) is 7.05. The number of likely N-dealkylation sites (N-methyl/N-ethyl adjacent to an activating group) is 1. The van der Waals surface area contributed by atoms with Crippen molar-refractivity contribution in [2.45, 2.75) is 71.1 Å². The number of aliphatic carboxylic acids is 1. The lowest BCUT2D eigenvalue weighted by Gasteiger charge is -2.29. The Balaban J connectivity index is 1.47. The molecule has 0 unspecified atom stereocenters. The molecule has 0 spiro atoms. The molecule has 0 saturated carbocycles. The molecule has 3 aromatic carbocycles. The van der Waals surface area contributed by atoms with Crippen LogP contribution in [0, 0.1) is 6.92 Å². The highest BCUT2D eigenvalue weighted by atomic mass is 16.4. The van der Waals surface area contributed by atoms with Crippen LogP contribution >= 0.6 is 0 Å². The van der Waals surface area contributed by atoms with E-state index in [0.29, 0.717) is 19.5 Å². The van der Waals surface area contributed by atoms with Crippen molar-refractivity contribution in [1.29, 1.82) is 0 Å². The average molecular weight is 517 g/mol. The molecule has 204 valence electrons. The van der Waals surface area contributed by atoms with Crippen molar-refractivity contribution >= 4 is 5.97 Å². The van der Waals surface area contributed by atoms with Crippen LogP contribution in [0.1, 0.15) is 55.4 Å². The van der Waals surface area contributed by atoms with Crippen molar-refractivity contribution in [1.82, 2.24) is 10.2 Å². The fraction of sp³-hybridized carbons (Fsp3) is 0.424. The maximum absolute atomic E-state index is 10.8. The van der Waals surface area contributed by atoms with Crippen molar-refractivity contribution in [3.63, 3.8) is 0 Å². The molecule has 0 radical (unpaired) electrons. The molecule has 0 aromatic heterocycles. The lowest BCUT2D eigenvalue weighted by molar-refractivity contribution is -0.136. The van der Waals surface area contributed by atoms with Gasteiger partial charge < -0.3 is 15.5 Å². The number of benzene rings is 3. The quantitative estimate of drug-likeness (QED) is 0.236. The third kappa shape index (κ3) is 10.4. The average Bonchev–Trinajstić information content (AvgIpc) is 2.87. The van der Waals surface area contributed by atoms with E-state index in [0.717, 1.165) is 42.5 Å². The smallest absolute Gasteiger partial charge is 0.303 e. The molecule has 0 aliphatic rings. The normalized spacial score (nSPS) is 12.6. The number of carbonyl (C=O) groups is 1. The van der Waals surface area contributed by atoms with Gasteiger partial charge in [0, 0.05) is 31.6 Å². The third-order valence-electron chi connectivity index (χ3n) is 6.95. The molecule has 3 rings (SSSR count). The SMILES string of the molecule is Cc1cc(CN(C)C[C@H](O)CNC(C)(C)CCCc2ccccc2)cc(-c2ccc(CCC(=O)O)cc2)c1. The maximum atomic E-state index is 10.8. The topological polar surface area (TPSA) is 72.8 Å². The van der Waals surface area contributed by atoms with Crippen LogP contribution in [0.4, 0.5) is 0 Å². The summed E-state index contributed by atoms with van der Waals surface area (Å²) >= 11 is 0. The number of rotatable bonds is 15. The van der Waals surface area contributed by atoms with Crippen molar-refractivity contribution in [3.8, 4) is 11.1 Å². The predicted molar refractivity (Wildman–Crippen MR) is 156 cm³/mol. The van der Waals surface area contributed by atoms with Gasteiger partial charge in [0.25, 0.3) is 0 Å². The number of aryl methyl sites for hydroxylation is 3. The first-order valence-electron chi connectivity index (χ1n) is 13.7. The van der Waals surface area contributed by atoms with Gasteiger partial charge in [0.1, 0.15) is 0 Å². The first-order valence-corrected chi connectivity index (χ1v) is 13.7. The number of nitrogens with zero attached hydrogens (tertiary/aromatic N) is 1. The molecule has 3 aromatic rings. The van der Waals surface area contributed by atoms with Crippen LogP contribution in [-0.4, -0.2) is 52.9 Å². The lowest BCUT2D eigenvalue weighted by atomic mass is 9.95. The second-order valence-corrected chi connectivity index (χ2v) is 11.3. The number of nitrogens with one attached hydrogen (secondary N) is 1. The molecule has 0 bridgehead atoms. The Kier molecular flexibility index (Phi) is 11.1. The molecular weight excluding hydrogens is 472 g/mol. The Bertz CT molecular complexity index is 1140. The van der Waals surface area contributed by atoms with E-state index >= 15 is 0 Å². The van der Waals surface area contributed by atoms with Crippen LogP contribution in [0.3, 0.4) is 0 Å². The summed E-state index contributed by atoms with van der Waals surface area (Å²) in [6, 6.07) is 25.3. The van der Waals surface area contributed by atoms with Gasteiger partial charge >= 0.3 is 5.97 Å². The second-order valence-electron chi connectivity index (χ2n) is 11.3. The van der Waals surface area contributed by atoms with E-state index in [-0.39, 0.29) is 12.0 Å². The monoisotopic (exact) mass is 516 g/mol. The third-order valence-corrected chi connectivity index (χ3v) is 6.95. The lowest BCUT2D eigenvalue weighted by Crippen LogP contribution is -2.46. The fourth-order valence-electron chi connectivity index (χ4n) is 4.90. The van der Waals surface area contributed by atoms with Crippen LogP contribution < -0.4 is 5.32 Å². The second kappa shape index (κ2) is 14.2. The Morgan fingerprint density at radius 3 is 2.29 bits per heavy atom. The number of aliphatic hydroxyl groups excluding tert-OH is 1. The van der Waals surface area contributed by atoms with Crippen LogP contribution in [0.25, 0.3) is 11.1 Å². The number of hydrogen-bond donors (Lipinski definition) is 3. The predicted octanol–water partition coefficient (Wildman–Crippen LogP) is 5.86. The van der Waals surface area contributed by atoms with E-state index in [4.69, 9.17) is 5.11 Å². The van der Waals surface area contributed by atoms with Gasteiger partial charge in [-0.1, -0.05) is 72.3 Å². The van der Waals surface area contributed by atoms with Crippen LogP contribution in [-0.2, 0) is 24.2 Å². The van der Waals surface area contributed by atoms with Crippen molar-refractivity contribution in [2.75, 3.05) is 20.1 Å². The molecule has 0 aliphatic heterocycles. The van der Waals surface area contributed by atoms with Crippen LogP contribution in [0.2, 0.25) is 0 Å². The van der Waals surface area contributed by atoms with Gasteiger partial charge in [-0.25, -0.2) is 0 Å². The minimum atomic E-state index is -0.773. The Morgan fingerprint density at radius 2 is 1.61 bits per heavy atom. The molecule has 0 amide bonds. The zero-order chi connectivity index (χ0) is 27.5. The molecule has 0 aliphatic carbocycles. The molecule has 5 heteroatoms. The summed E-state index contributed by atoms with van der Waals surface area (Å²) in [4.78, 5) is 13.0. The highest BCUT2D eigenvalue weighted by Gasteiger charge is 2.19. The molecule has 0 heterocycles. The zero-order valence-corrected chi connectivity index (χ0v) is 23.4. The molecule has 5 nitrogen and oxygen atoms in total. The Hall–Kier alpha value is -2.99. The van der Waals surface area contributed by atoms with Crippen molar-refractivity contribution in [2.24, 2.45) is 0 Å². The first-order chi connectivity index (χ1) is 18.1. The molecule has 0 fully saturated rings. The Morgan fingerprint density at radius 1 is 0.921 bits per heavy atom. The number of hydrogen-bond acceptors (Lipinski definition) is 4. The van der Waals surface area contributed by atoms with Gasteiger partial charge in [-0.05, 0) is 87.4 Å². The number of aliphatic hydroxyl groups is 1. The largest absolute Gasteiger partial charge is 0.481 e. The fourth-order valence-corrected chi connectivity index (χ4v) is 4.90. The number of carboxylic acid groups (broad SMARTS) is 1. The Labute approximate surface area is 228 Å². The van der Waals surface area contributed by atoms with E-state index in [1.165, 1.54) is 16.7 Å². The molecule has 38 heavy (non-hydrogen) atoms. The van der Waals surface area contributed by atoms with E-state index in [2.05, 4.69) is 91.7 Å². The van der Waals surface area contributed by atoms with Gasteiger partial charge in [-0.3, -0.25) is 9.69 Å². The maximum Gasteiger partial charge on any atom is 0.303 e. The van der Waals surface area contributed by atoms with E-state index in [1.807, 2.05) is 19.2 Å². The van der Waals surface area contributed by atoms with Gasteiger partial charge in [0.2, 0.25) is 0 Å². The number of β-amino-alcohol motifs (C(OH)–C–C–N with tert-alkyl or cyclic N) is 1. The molecule has 0 saturated heterocycles. The number of carboxylic acids is 1. The van der Waals surface area contributed by atoms with Crippen molar-refractivity contribution < 1.29 is 15.0 Å². The molecule has 1 atom stereocenters. The van der Waals surface area contributed by atoms with E-state index < -0.39 is 12.1 Å². The summed E-state index contributed by atoms with van der Waals surface area (Å²) in [7, 11) is 2.05. The van der Waals surface area contributed by atoms with Gasteiger partial charge in [-0.2, -0.15) is 0 Å². The molecule has 3 N–H and O–H groups in total. The highest BCUT2D eigenvalue weighted by molar-refractivity contribution is 5.68. The summed E-state index contributed by atoms with van der Waals surface area (Å²) < 4.78 is 0. The van der Waals surface area contributed by atoms with E-state index in [9.17, 15) is 9.90 Å². The summed E-state index contributed by atoms with van der Waals surface area (Å²) in [5, 5.41) is 23.2. The van der Waals surface area contributed by atoms with Gasteiger partial charge in [-0.15, -0.1) is 0 Å². The summed E-state index contributed by atoms with van der Waals surface area (Å²) in [6.07, 6.45) is 3.48. The minimum Gasteiger partial charge on any atom is -0.481 e. The van der Waals surface area contributed by atoms with Crippen molar-refractivity contribution in [3.05, 3.63) is 95.1 Å². The minimum absolute atomic E-state index is 0.0249. The van der Waals surface area contributed by atoms with Crippen LogP contribution in [0.5, 0.6) is 0 Å². The highest BCUT2D eigenvalue weighted by Crippen LogP contribution is 2.24. The standard InChI is InChI=1S/C33H44N2O3/c1-25-19-28(21-30(20-25)29-15-12-27(13-16-29)14-17-32(37)38)23-35(4)24-31(36)22-34-33(2,3)18-8-11-26-9-6-5-7-10-26/h5-7,9-10,12-13,15-16,19-21,31,34,36H,8,11,14,17-18,22-24H2,1-4H3,(H,37,38)/t31-/m1/s1. The zero-order valence-electron chi connectivity index (χ0n) is 23.4. The van der Waals surface area contributed by atoms with Crippen LogP contribution in [0.15, 0.2) is 72.8 Å².